The number of nitrogens with zero attached hydrogens (tertiary/aromatic N) is 1. The number of likely N-dealkylation sites (N-methyl/N-ethyl adjacent to an activating group) is 1. The van der Waals surface area contributed by atoms with E-state index in [0.717, 1.165) is 12.0 Å². The van der Waals surface area contributed by atoms with E-state index in [-0.39, 0.29) is 11.6 Å². The molecule has 5 heteroatoms. The van der Waals surface area contributed by atoms with Crippen molar-refractivity contribution in [2.24, 2.45) is 0 Å². The highest BCUT2D eigenvalue weighted by Gasteiger charge is 2.17. The SMILES string of the molecule is CN(CCc1ccccc1)C(=O)c1cc(N)c(F)cc1Br. The third kappa shape index (κ3) is 3.82. The fraction of sp³-hybridized carbons (Fsp3) is 0.188. The average Bonchev–Trinajstić information content (AvgIpc) is 2.49. The molecule has 0 saturated heterocycles. The van der Waals surface area contributed by atoms with E-state index in [9.17, 15) is 9.18 Å². The number of nitrogens with two attached hydrogens (primary N) is 1. The standard InChI is InChI=1S/C16H16BrFN2O/c1-20(8-7-11-5-3-2-4-6-11)16(21)12-9-15(19)14(18)10-13(12)17/h2-6,9-10H,7-8,19H2,1H3. The van der Waals surface area contributed by atoms with Crippen molar-refractivity contribution in [3.05, 3.63) is 63.9 Å². The van der Waals surface area contributed by atoms with E-state index in [4.69, 9.17) is 5.73 Å². The van der Waals surface area contributed by atoms with Gasteiger partial charge in [0.1, 0.15) is 5.82 Å². The number of carbonyl (C=O) groups is 1. The molecule has 2 N–H and O–H groups in total. The number of nitrogen functional groups attached to an aromatic ring is 1. The lowest BCUT2D eigenvalue weighted by atomic mass is 10.1. The number of hydrogen-bond donors (Lipinski definition) is 1. The summed E-state index contributed by atoms with van der Waals surface area (Å²) < 4.78 is 13.7. The smallest absolute Gasteiger partial charge is 0.254 e. The zero-order chi connectivity index (χ0) is 15.4. The molecule has 0 atom stereocenters. The van der Waals surface area contributed by atoms with Crippen LogP contribution in [0.2, 0.25) is 0 Å². The van der Waals surface area contributed by atoms with E-state index < -0.39 is 5.82 Å². The van der Waals surface area contributed by atoms with Gasteiger partial charge in [-0.1, -0.05) is 30.3 Å². The van der Waals surface area contributed by atoms with Crippen LogP contribution in [0.15, 0.2) is 46.9 Å². The third-order valence-corrected chi connectivity index (χ3v) is 3.90. The number of hydrogen-bond acceptors (Lipinski definition) is 2. The molecule has 0 aliphatic heterocycles. The van der Waals surface area contributed by atoms with Gasteiger partial charge in [-0.2, -0.15) is 0 Å². The maximum atomic E-state index is 13.3. The van der Waals surface area contributed by atoms with E-state index in [1.807, 2.05) is 30.3 Å². The Kier molecular flexibility index (Phi) is 4.96. The third-order valence-electron chi connectivity index (χ3n) is 3.24. The molecule has 110 valence electrons. The Morgan fingerprint density at radius 3 is 2.62 bits per heavy atom. The first kappa shape index (κ1) is 15.5. The summed E-state index contributed by atoms with van der Waals surface area (Å²) in [6, 6.07) is 12.5. The molecule has 0 saturated carbocycles. The first-order chi connectivity index (χ1) is 9.99. The number of amides is 1. The molecule has 2 aromatic carbocycles. The van der Waals surface area contributed by atoms with Crippen LogP contribution >= 0.6 is 15.9 Å². The first-order valence-corrected chi connectivity index (χ1v) is 7.32. The van der Waals surface area contributed by atoms with E-state index in [1.54, 1.807) is 11.9 Å². The van der Waals surface area contributed by atoms with Crippen LogP contribution in [0.4, 0.5) is 10.1 Å². The van der Waals surface area contributed by atoms with Crippen molar-refractivity contribution in [2.75, 3.05) is 19.3 Å². The van der Waals surface area contributed by atoms with E-state index in [0.29, 0.717) is 16.6 Å². The van der Waals surface area contributed by atoms with Crippen molar-refractivity contribution < 1.29 is 9.18 Å². The fourth-order valence-corrected chi connectivity index (χ4v) is 2.46. The lowest BCUT2D eigenvalue weighted by molar-refractivity contribution is 0.0795. The Balaban J connectivity index is 2.07. The second-order valence-corrected chi connectivity index (χ2v) is 5.67. The van der Waals surface area contributed by atoms with Gasteiger partial charge in [0.25, 0.3) is 5.91 Å². The highest BCUT2D eigenvalue weighted by molar-refractivity contribution is 9.10. The first-order valence-electron chi connectivity index (χ1n) is 6.53. The van der Waals surface area contributed by atoms with Gasteiger partial charge < -0.3 is 10.6 Å². The molecule has 21 heavy (non-hydrogen) atoms. The molecule has 0 aliphatic rings. The van der Waals surface area contributed by atoms with Crippen LogP contribution in [0.1, 0.15) is 15.9 Å². The average molecular weight is 351 g/mol. The molecular formula is C16H16BrFN2O. The molecule has 0 spiro atoms. The van der Waals surface area contributed by atoms with Crippen molar-refractivity contribution in [1.29, 1.82) is 0 Å². The molecule has 0 bridgehead atoms. The minimum absolute atomic E-state index is 0.0296. The highest BCUT2D eigenvalue weighted by Crippen LogP contribution is 2.24. The number of halogens is 2. The topological polar surface area (TPSA) is 46.3 Å². The molecule has 0 aliphatic carbocycles. The maximum Gasteiger partial charge on any atom is 0.254 e. The summed E-state index contributed by atoms with van der Waals surface area (Å²) in [4.78, 5) is 14.0. The minimum Gasteiger partial charge on any atom is -0.396 e. The normalized spacial score (nSPS) is 10.4. The summed E-state index contributed by atoms with van der Waals surface area (Å²) in [7, 11) is 1.72. The zero-order valence-corrected chi connectivity index (χ0v) is 13.2. The number of carbonyl (C=O) groups excluding carboxylic acids is 1. The van der Waals surface area contributed by atoms with Gasteiger partial charge in [0.15, 0.2) is 0 Å². The van der Waals surface area contributed by atoms with Crippen molar-refractivity contribution >= 4 is 27.5 Å². The van der Waals surface area contributed by atoms with Crippen LogP contribution in [0.3, 0.4) is 0 Å². The van der Waals surface area contributed by atoms with Gasteiger partial charge in [-0.15, -0.1) is 0 Å². The highest BCUT2D eigenvalue weighted by atomic mass is 79.9. The minimum atomic E-state index is -0.537. The number of anilines is 1. The molecule has 0 aromatic heterocycles. The van der Waals surface area contributed by atoms with Crippen molar-refractivity contribution in [3.8, 4) is 0 Å². The summed E-state index contributed by atoms with van der Waals surface area (Å²) in [5.74, 6) is -0.727. The largest absolute Gasteiger partial charge is 0.396 e. The molecule has 0 heterocycles. The van der Waals surface area contributed by atoms with Gasteiger partial charge in [0.05, 0.1) is 11.3 Å². The molecule has 2 rings (SSSR count). The summed E-state index contributed by atoms with van der Waals surface area (Å²) in [5.41, 5.74) is 7.02. The molecular weight excluding hydrogens is 335 g/mol. The van der Waals surface area contributed by atoms with Gasteiger partial charge in [0, 0.05) is 18.1 Å². The Labute approximate surface area is 131 Å². The van der Waals surface area contributed by atoms with E-state index in [2.05, 4.69) is 15.9 Å². The molecule has 2 aromatic rings. The Morgan fingerprint density at radius 1 is 1.29 bits per heavy atom. The molecule has 0 radical (unpaired) electrons. The molecule has 3 nitrogen and oxygen atoms in total. The van der Waals surface area contributed by atoms with Gasteiger partial charge in [-0.05, 0) is 40.0 Å². The summed E-state index contributed by atoms with van der Waals surface area (Å²) >= 11 is 3.20. The van der Waals surface area contributed by atoms with Crippen LogP contribution in [-0.4, -0.2) is 24.4 Å². The van der Waals surface area contributed by atoms with Crippen LogP contribution in [-0.2, 0) is 6.42 Å². The van der Waals surface area contributed by atoms with Crippen molar-refractivity contribution in [2.45, 2.75) is 6.42 Å². The Bertz CT molecular complexity index is 646. The fourth-order valence-electron chi connectivity index (χ4n) is 1.98. The predicted molar refractivity (Wildman–Crippen MR) is 85.6 cm³/mol. The molecule has 0 fully saturated rings. The lowest BCUT2D eigenvalue weighted by Gasteiger charge is -2.18. The van der Waals surface area contributed by atoms with E-state index in [1.165, 1.54) is 12.1 Å². The number of benzene rings is 2. The second-order valence-electron chi connectivity index (χ2n) is 4.82. The van der Waals surface area contributed by atoms with Crippen LogP contribution in [0.5, 0.6) is 0 Å². The zero-order valence-electron chi connectivity index (χ0n) is 11.6. The monoisotopic (exact) mass is 350 g/mol. The Hall–Kier alpha value is -1.88. The summed E-state index contributed by atoms with van der Waals surface area (Å²) in [6.45, 7) is 0.576. The maximum absolute atomic E-state index is 13.3. The van der Waals surface area contributed by atoms with Crippen LogP contribution in [0, 0.1) is 5.82 Å². The van der Waals surface area contributed by atoms with Gasteiger partial charge in [0.2, 0.25) is 0 Å². The summed E-state index contributed by atoms with van der Waals surface area (Å²) in [5, 5.41) is 0. The molecule has 0 unspecified atom stereocenters. The predicted octanol–water partition coefficient (Wildman–Crippen LogP) is 3.49. The van der Waals surface area contributed by atoms with Crippen molar-refractivity contribution in [3.63, 3.8) is 0 Å². The van der Waals surface area contributed by atoms with E-state index >= 15 is 0 Å². The Morgan fingerprint density at radius 2 is 1.95 bits per heavy atom. The molecule has 1 amide bonds. The van der Waals surface area contributed by atoms with Crippen LogP contribution in [0.25, 0.3) is 0 Å². The lowest BCUT2D eigenvalue weighted by Crippen LogP contribution is -2.29. The van der Waals surface area contributed by atoms with Crippen LogP contribution < -0.4 is 5.73 Å². The second kappa shape index (κ2) is 6.72. The van der Waals surface area contributed by atoms with Crippen molar-refractivity contribution in [1.82, 2.24) is 4.90 Å². The summed E-state index contributed by atoms with van der Waals surface area (Å²) in [6.07, 6.45) is 0.761. The number of rotatable bonds is 4. The quantitative estimate of drug-likeness (QED) is 0.858. The van der Waals surface area contributed by atoms with Gasteiger partial charge in [-0.25, -0.2) is 4.39 Å². The van der Waals surface area contributed by atoms with Gasteiger partial charge in [-0.3, -0.25) is 4.79 Å². The van der Waals surface area contributed by atoms with Gasteiger partial charge >= 0.3 is 0 Å².